The van der Waals surface area contributed by atoms with Crippen LogP contribution in [0.15, 0.2) is 58.4 Å². The van der Waals surface area contributed by atoms with Crippen LogP contribution in [0.4, 0.5) is 5.69 Å². The lowest BCUT2D eigenvalue weighted by molar-refractivity contribution is 0.114. The monoisotopic (exact) mass is 544 g/mol. The highest BCUT2D eigenvalue weighted by molar-refractivity contribution is 14.0. The molecular formula is C21H29IN4O3S. The summed E-state index contributed by atoms with van der Waals surface area (Å²) in [6.07, 6.45) is 2.78. The van der Waals surface area contributed by atoms with E-state index in [0.717, 1.165) is 30.5 Å². The summed E-state index contributed by atoms with van der Waals surface area (Å²) in [5.74, 6) is 0.313. The summed E-state index contributed by atoms with van der Waals surface area (Å²) < 4.78 is 32.9. The van der Waals surface area contributed by atoms with Crippen molar-refractivity contribution in [3.63, 3.8) is 0 Å². The van der Waals surface area contributed by atoms with Crippen LogP contribution < -0.4 is 15.8 Å². The molecule has 1 saturated heterocycles. The average Bonchev–Trinajstić information content (AvgIpc) is 3.25. The molecule has 1 aliphatic rings. The molecule has 1 heterocycles. The number of hydrogen-bond acceptors (Lipinski definition) is 4. The van der Waals surface area contributed by atoms with E-state index < -0.39 is 10.0 Å². The first kappa shape index (κ1) is 24.6. The van der Waals surface area contributed by atoms with E-state index in [-0.39, 0.29) is 35.0 Å². The zero-order valence-corrected chi connectivity index (χ0v) is 20.2. The van der Waals surface area contributed by atoms with E-state index in [1.807, 2.05) is 18.2 Å². The fraction of sp³-hybridized carbons (Fsp3) is 0.381. The fourth-order valence-electron chi connectivity index (χ4n) is 3.10. The van der Waals surface area contributed by atoms with Gasteiger partial charge in [0.1, 0.15) is 0 Å². The zero-order chi connectivity index (χ0) is 20.7. The van der Waals surface area contributed by atoms with Crippen LogP contribution >= 0.6 is 24.0 Å². The SMILES string of the molecule is CCc1cccc(NC(N)=NCc2ccc(S(=O)(=O)NCC3CCCO3)cc2)c1.I. The van der Waals surface area contributed by atoms with Gasteiger partial charge in [0.25, 0.3) is 0 Å². The van der Waals surface area contributed by atoms with E-state index in [9.17, 15) is 8.42 Å². The van der Waals surface area contributed by atoms with E-state index in [0.29, 0.717) is 25.7 Å². The van der Waals surface area contributed by atoms with E-state index in [4.69, 9.17) is 10.5 Å². The Morgan fingerprint density at radius 1 is 1.20 bits per heavy atom. The molecule has 2 aromatic rings. The van der Waals surface area contributed by atoms with Crippen molar-refractivity contribution in [2.24, 2.45) is 10.7 Å². The van der Waals surface area contributed by atoms with Crippen molar-refractivity contribution in [2.45, 2.75) is 43.7 Å². The predicted octanol–water partition coefficient (Wildman–Crippen LogP) is 3.25. The summed E-state index contributed by atoms with van der Waals surface area (Å²) in [7, 11) is -3.55. The first-order valence-corrected chi connectivity index (χ1v) is 11.3. The minimum Gasteiger partial charge on any atom is -0.377 e. The van der Waals surface area contributed by atoms with Crippen LogP contribution in [0.3, 0.4) is 0 Å². The molecule has 1 fully saturated rings. The number of aryl methyl sites for hydroxylation is 1. The van der Waals surface area contributed by atoms with Crippen LogP contribution in [-0.2, 0) is 27.7 Å². The third-order valence-corrected chi connectivity index (χ3v) is 6.24. The molecule has 0 saturated carbocycles. The lowest BCUT2D eigenvalue weighted by Gasteiger charge is -2.11. The van der Waals surface area contributed by atoms with Crippen molar-refractivity contribution >= 4 is 45.6 Å². The second-order valence-corrected chi connectivity index (χ2v) is 8.78. The number of nitrogens with two attached hydrogens (primary N) is 1. The number of rotatable bonds is 8. The zero-order valence-electron chi connectivity index (χ0n) is 17.0. The Morgan fingerprint density at radius 2 is 1.97 bits per heavy atom. The Bertz CT molecular complexity index is 943. The molecule has 9 heteroatoms. The summed E-state index contributed by atoms with van der Waals surface area (Å²) in [5.41, 5.74) is 8.94. The Labute approximate surface area is 195 Å². The molecule has 164 valence electrons. The van der Waals surface area contributed by atoms with Crippen molar-refractivity contribution < 1.29 is 13.2 Å². The molecule has 0 aromatic heterocycles. The molecule has 7 nitrogen and oxygen atoms in total. The molecular weight excluding hydrogens is 515 g/mol. The minimum absolute atomic E-state index is 0. The van der Waals surface area contributed by atoms with Crippen LogP contribution in [0, 0.1) is 0 Å². The first-order chi connectivity index (χ1) is 14.0. The number of sulfonamides is 1. The van der Waals surface area contributed by atoms with Gasteiger partial charge < -0.3 is 15.8 Å². The molecule has 1 unspecified atom stereocenters. The molecule has 0 amide bonds. The van der Waals surface area contributed by atoms with Gasteiger partial charge in [0.2, 0.25) is 10.0 Å². The molecule has 1 atom stereocenters. The van der Waals surface area contributed by atoms with Gasteiger partial charge in [-0.1, -0.05) is 31.2 Å². The van der Waals surface area contributed by atoms with Gasteiger partial charge in [-0.05, 0) is 54.7 Å². The largest absolute Gasteiger partial charge is 0.377 e. The highest BCUT2D eigenvalue weighted by Gasteiger charge is 2.20. The summed E-state index contributed by atoms with van der Waals surface area (Å²) >= 11 is 0. The molecule has 0 aliphatic carbocycles. The predicted molar refractivity (Wildman–Crippen MR) is 131 cm³/mol. The van der Waals surface area contributed by atoms with Gasteiger partial charge in [-0.2, -0.15) is 0 Å². The number of aliphatic imine (C=N–C) groups is 1. The standard InChI is InChI=1S/C21H28N4O3S.HI/c1-2-16-5-3-6-18(13-16)25-21(22)23-14-17-8-10-20(11-9-17)29(26,27)24-15-19-7-4-12-28-19;/h3,5-6,8-11,13,19,24H,2,4,7,12,14-15H2,1H3,(H3,22,23,25);1H. The van der Waals surface area contributed by atoms with Crippen molar-refractivity contribution in [3.05, 3.63) is 59.7 Å². The van der Waals surface area contributed by atoms with E-state index in [1.165, 1.54) is 5.56 Å². The number of nitrogens with one attached hydrogen (secondary N) is 2. The third kappa shape index (κ3) is 7.22. The quantitative estimate of drug-likeness (QED) is 0.269. The third-order valence-electron chi connectivity index (χ3n) is 4.80. The topological polar surface area (TPSA) is 106 Å². The Kier molecular flexibility index (Phi) is 9.53. The molecule has 0 radical (unpaired) electrons. The van der Waals surface area contributed by atoms with Gasteiger partial charge in [-0.3, -0.25) is 0 Å². The number of ether oxygens (including phenoxy) is 1. The smallest absolute Gasteiger partial charge is 0.240 e. The van der Waals surface area contributed by atoms with E-state index in [1.54, 1.807) is 24.3 Å². The Hall–Kier alpha value is -1.69. The number of anilines is 1. The highest BCUT2D eigenvalue weighted by atomic mass is 127. The number of nitrogens with zero attached hydrogens (tertiary/aromatic N) is 1. The fourth-order valence-corrected chi connectivity index (χ4v) is 4.16. The molecule has 30 heavy (non-hydrogen) atoms. The number of guanidine groups is 1. The van der Waals surface area contributed by atoms with Crippen LogP contribution in [0.5, 0.6) is 0 Å². The lowest BCUT2D eigenvalue weighted by Crippen LogP contribution is -2.31. The van der Waals surface area contributed by atoms with Gasteiger partial charge in [0, 0.05) is 18.8 Å². The summed E-state index contributed by atoms with van der Waals surface area (Å²) in [6, 6.07) is 14.7. The van der Waals surface area contributed by atoms with E-state index in [2.05, 4.69) is 28.0 Å². The lowest BCUT2D eigenvalue weighted by atomic mass is 10.1. The summed E-state index contributed by atoms with van der Waals surface area (Å²) in [5, 5.41) is 3.08. The maximum absolute atomic E-state index is 12.4. The van der Waals surface area contributed by atoms with E-state index >= 15 is 0 Å². The maximum Gasteiger partial charge on any atom is 0.240 e. The summed E-state index contributed by atoms with van der Waals surface area (Å²) in [6.45, 7) is 3.45. The second kappa shape index (κ2) is 11.6. The maximum atomic E-state index is 12.4. The number of hydrogen-bond donors (Lipinski definition) is 3. The van der Waals surface area contributed by atoms with Crippen LogP contribution in [0.1, 0.15) is 30.9 Å². The van der Waals surface area contributed by atoms with Crippen LogP contribution in [0.2, 0.25) is 0 Å². The summed E-state index contributed by atoms with van der Waals surface area (Å²) in [4.78, 5) is 4.55. The Morgan fingerprint density at radius 3 is 2.63 bits per heavy atom. The van der Waals surface area contributed by atoms with Crippen molar-refractivity contribution in [1.29, 1.82) is 0 Å². The molecule has 3 rings (SSSR count). The number of benzene rings is 2. The van der Waals surface area contributed by atoms with Crippen LogP contribution in [0.25, 0.3) is 0 Å². The average molecular weight is 544 g/mol. The van der Waals surface area contributed by atoms with Gasteiger partial charge in [0.15, 0.2) is 5.96 Å². The van der Waals surface area contributed by atoms with Gasteiger partial charge in [-0.25, -0.2) is 18.1 Å². The van der Waals surface area contributed by atoms with Crippen molar-refractivity contribution in [2.75, 3.05) is 18.5 Å². The normalized spacial score (nSPS) is 16.8. The van der Waals surface area contributed by atoms with Crippen molar-refractivity contribution in [3.8, 4) is 0 Å². The molecule has 0 spiro atoms. The molecule has 4 N–H and O–H groups in total. The highest BCUT2D eigenvalue weighted by Crippen LogP contribution is 2.15. The molecule has 0 bridgehead atoms. The minimum atomic E-state index is -3.55. The Balaban J connectivity index is 0.00000320. The van der Waals surface area contributed by atoms with Gasteiger partial charge >= 0.3 is 0 Å². The van der Waals surface area contributed by atoms with Crippen LogP contribution in [-0.4, -0.2) is 33.6 Å². The van der Waals surface area contributed by atoms with Crippen molar-refractivity contribution in [1.82, 2.24) is 4.72 Å². The molecule has 2 aromatic carbocycles. The van der Waals surface area contributed by atoms with Gasteiger partial charge in [0.05, 0.1) is 17.5 Å². The second-order valence-electron chi connectivity index (χ2n) is 7.01. The number of halogens is 1. The first-order valence-electron chi connectivity index (χ1n) is 9.82. The van der Waals surface area contributed by atoms with Gasteiger partial charge in [-0.15, -0.1) is 24.0 Å². The molecule has 1 aliphatic heterocycles.